The number of hydrogen-bond acceptors (Lipinski definition) is 3. The molecule has 5 rings (SSSR count). The van der Waals surface area contributed by atoms with Crippen molar-refractivity contribution in [2.24, 2.45) is 11.8 Å². The second-order valence-electron chi connectivity index (χ2n) is 9.74. The standard InChI is InChI=1S/C28H34N2O/c1-21-6-5-16-30(21)17-15-22-9-11-23(12-10-22)26-14-13-25-18-29(19-27(25)26)20-28(31)24-7-3-2-4-8-24/h2-4,7-14,21,25-27H,5-6,15-20H2,1H3. The molecule has 0 amide bonds. The maximum atomic E-state index is 12.6. The Morgan fingerprint density at radius 2 is 1.81 bits per heavy atom. The minimum Gasteiger partial charge on any atom is -0.300 e. The van der Waals surface area contributed by atoms with Crippen molar-refractivity contribution in [1.29, 1.82) is 0 Å². The number of Topliss-reactive ketones (excluding diaryl/α,β-unsaturated/α-hetero) is 1. The molecule has 31 heavy (non-hydrogen) atoms. The first-order valence-corrected chi connectivity index (χ1v) is 12.0. The van der Waals surface area contributed by atoms with Gasteiger partial charge >= 0.3 is 0 Å². The second-order valence-corrected chi connectivity index (χ2v) is 9.74. The van der Waals surface area contributed by atoms with Gasteiger partial charge in [-0.3, -0.25) is 9.69 Å². The smallest absolute Gasteiger partial charge is 0.176 e. The summed E-state index contributed by atoms with van der Waals surface area (Å²) in [5.41, 5.74) is 3.70. The van der Waals surface area contributed by atoms with E-state index in [-0.39, 0.29) is 5.78 Å². The van der Waals surface area contributed by atoms with Crippen molar-refractivity contribution in [1.82, 2.24) is 9.80 Å². The highest BCUT2D eigenvalue weighted by atomic mass is 16.1. The van der Waals surface area contributed by atoms with Crippen LogP contribution < -0.4 is 0 Å². The summed E-state index contributed by atoms with van der Waals surface area (Å²) >= 11 is 0. The zero-order valence-corrected chi connectivity index (χ0v) is 18.6. The molecule has 0 bridgehead atoms. The largest absolute Gasteiger partial charge is 0.300 e. The van der Waals surface area contributed by atoms with E-state index in [1.54, 1.807) is 0 Å². The summed E-state index contributed by atoms with van der Waals surface area (Å²) in [7, 11) is 0. The molecule has 162 valence electrons. The van der Waals surface area contributed by atoms with Crippen LogP contribution in [0.4, 0.5) is 0 Å². The number of ketones is 1. The van der Waals surface area contributed by atoms with E-state index in [2.05, 4.69) is 53.1 Å². The van der Waals surface area contributed by atoms with Crippen molar-refractivity contribution in [3.63, 3.8) is 0 Å². The van der Waals surface area contributed by atoms with Crippen molar-refractivity contribution in [2.45, 2.75) is 38.1 Å². The third-order valence-corrected chi connectivity index (χ3v) is 7.72. The molecule has 2 fully saturated rings. The van der Waals surface area contributed by atoms with Crippen molar-refractivity contribution in [3.8, 4) is 0 Å². The fraction of sp³-hybridized carbons (Fsp3) is 0.464. The van der Waals surface area contributed by atoms with Crippen LogP contribution in [-0.2, 0) is 6.42 Å². The number of carbonyl (C=O) groups is 1. The van der Waals surface area contributed by atoms with Crippen molar-refractivity contribution in [3.05, 3.63) is 83.4 Å². The summed E-state index contributed by atoms with van der Waals surface area (Å²) in [5.74, 6) is 1.89. The van der Waals surface area contributed by atoms with E-state index in [1.807, 2.05) is 30.3 Å². The van der Waals surface area contributed by atoms with Gasteiger partial charge < -0.3 is 4.90 Å². The molecule has 0 aromatic heterocycles. The first kappa shape index (κ1) is 20.7. The Balaban J connectivity index is 1.17. The van der Waals surface area contributed by atoms with Crippen LogP contribution in [0.15, 0.2) is 66.7 Å². The molecular weight excluding hydrogens is 380 g/mol. The van der Waals surface area contributed by atoms with Crippen LogP contribution in [0.25, 0.3) is 0 Å². The topological polar surface area (TPSA) is 23.6 Å². The van der Waals surface area contributed by atoms with Crippen LogP contribution in [0, 0.1) is 11.8 Å². The molecule has 2 saturated heterocycles. The summed E-state index contributed by atoms with van der Waals surface area (Å²) < 4.78 is 0. The molecule has 2 aromatic carbocycles. The summed E-state index contributed by atoms with van der Waals surface area (Å²) in [6.45, 7) is 7.35. The monoisotopic (exact) mass is 414 g/mol. The Kier molecular flexibility index (Phi) is 6.06. The first-order valence-electron chi connectivity index (χ1n) is 12.0. The van der Waals surface area contributed by atoms with Crippen molar-refractivity contribution >= 4 is 5.78 Å². The molecular formula is C28H34N2O. The normalized spacial score (nSPS) is 28.3. The Bertz CT molecular complexity index is 920. The van der Waals surface area contributed by atoms with Gasteiger partial charge in [0.25, 0.3) is 0 Å². The quantitative estimate of drug-likeness (QED) is 0.480. The van der Waals surface area contributed by atoms with Crippen LogP contribution in [0.2, 0.25) is 0 Å². The number of benzene rings is 2. The predicted octanol–water partition coefficient (Wildman–Crippen LogP) is 4.80. The van der Waals surface area contributed by atoms with Gasteiger partial charge in [-0.15, -0.1) is 0 Å². The molecule has 0 spiro atoms. The lowest BCUT2D eigenvalue weighted by Gasteiger charge is -2.22. The summed E-state index contributed by atoms with van der Waals surface area (Å²) in [4.78, 5) is 17.6. The molecule has 2 heterocycles. The minimum atomic E-state index is 0.234. The molecule has 4 atom stereocenters. The summed E-state index contributed by atoms with van der Waals surface area (Å²) in [6.07, 6.45) is 8.65. The Morgan fingerprint density at radius 3 is 2.55 bits per heavy atom. The van der Waals surface area contributed by atoms with Gasteiger partial charge in [-0.2, -0.15) is 0 Å². The molecule has 4 unspecified atom stereocenters. The van der Waals surface area contributed by atoms with Crippen LogP contribution in [0.3, 0.4) is 0 Å². The first-order chi connectivity index (χ1) is 15.2. The highest BCUT2D eigenvalue weighted by Crippen LogP contribution is 2.42. The van der Waals surface area contributed by atoms with E-state index in [4.69, 9.17) is 0 Å². The van der Waals surface area contributed by atoms with E-state index < -0.39 is 0 Å². The van der Waals surface area contributed by atoms with Gasteiger partial charge in [-0.05, 0) is 55.7 Å². The molecule has 3 aliphatic rings. The lowest BCUT2D eigenvalue weighted by Crippen LogP contribution is -2.29. The van der Waals surface area contributed by atoms with E-state index in [9.17, 15) is 4.79 Å². The minimum absolute atomic E-state index is 0.234. The van der Waals surface area contributed by atoms with Crippen LogP contribution in [-0.4, -0.2) is 54.3 Å². The van der Waals surface area contributed by atoms with Gasteiger partial charge in [0.1, 0.15) is 0 Å². The third-order valence-electron chi connectivity index (χ3n) is 7.72. The second kappa shape index (κ2) is 9.10. The zero-order chi connectivity index (χ0) is 21.2. The summed E-state index contributed by atoms with van der Waals surface area (Å²) in [5, 5.41) is 0. The molecule has 0 radical (unpaired) electrons. The fourth-order valence-corrected chi connectivity index (χ4v) is 5.84. The fourth-order valence-electron chi connectivity index (χ4n) is 5.84. The third kappa shape index (κ3) is 4.53. The number of carbonyl (C=O) groups excluding carboxylic acids is 1. The van der Waals surface area contributed by atoms with Crippen LogP contribution >= 0.6 is 0 Å². The van der Waals surface area contributed by atoms with Gasteiger partial charge in [0.05, 0.1) is 6.54 Å². The molecule has 0 saturated carbocycles. The van der Waals surface area contributed by atoms with E-state index >= 15 is 0 Å². The highest BCUT2D eigenvalue weighted by Gasteiger charge is 2.40. The van der Waals surface area contributed by atoms with Gasteiger partial charge in [0.2, 0.25) is 0 Å². The lowest BCUT2D eigenvalue weighted by molar-refractivity contribution is 0.0942. The molecule has 2 aromatic rings. The molecule has 2 aliphatic heterocycles. The highest BCUT2D eigenvalue weighted by molar-refractivity contribution is 5.97. The maximum absolute atomic E-state index is 12.6. The van der Waals surface area contributed by atoms with Crippen LogP contribution in [0.1, 0.15) is 47.2 Å². The Labute approximate surface area is 186 Å². The number of likely N-dealkylation sites (tertiary alicyclic amines) is 2. The van der Waals surface area contributed by atoms with Crippen molar-refractivity contribution < 1.29 is 4.79 Å². The molecule has 3 heteroatoms. The molecule has 1 aliphatic carbocycles. The Hall–Kier alpha value is -2.23. The van der Waals surface area contributed by atoms with Gasteiger partial charge in [0.15, 0.2) is 5.78 Å². The molecule has 0 N–H and O–H groups in total. The lowest BCUT2D eigenvalue weighted by atomic mass is 9.85. The average molecular weight is 415 g/mol. The number of hydrogen-bond donors (Lipinski definition) is 0. The molecule has 3 nitrogen and oxygen atoms in total. The van der Waals surface area contributed by atoms with E-state index in [0.717, 1.165) is 31.1 Å². The zero-order valence-electron chi connectivity index (χ0n) is 18.6. The average Bonchev–Trinajstić information content (AvgIpc) is 3.49. The maximum Gasteiger partial charge on any atom is 0.176 e. The van der Waals surface area contributed by atoms with E-state index in [0.29, 0.717) is 24.3 Å². The van der Waals surface area contributed by atoms with E-state index in [1.165, 1.54) is 37.1 Å². The SMILES string of the molecule is CC1CCCN1CCc1ccc(C2C=CC3CN(CC(=O)c4ccccc4)CC32)cc1. The number of allylic oxidation sites excluding steroid dienone is 1. The Morgan fingerprint density at radius 1 is 1.00 bits per heavy atom. The number of nitrogens with zero attached hydrogens (tertiary/aromatic N) is 2. The summed E-state index contributed by atoms with van der Waals surface area (Å²) in [6, 6.07) is 19.8. The van der Waals surface area contributed by atoms with Gasteiger partial charge in [-0.25, -0.2) is 0 Å². The van der Waals surface area contributed by atoms with Crippen LogP contribution in [0.5, 0.6) is 0 Å². The van der Waals surface area contributed by atoms with Gasteiger partial charge in [-0.1, -0.05) is 66.7 Å². The van der Waals surface area contributed by atoms with Gasteiger partial charge in [0, 0.05) is 37.2 Å². The number of rotatable bonds is 7. The van der Waals surface area contributed by atoms with Crippen molar-refractivity contribution in [2.75, 3.05) is 32.7 Å². The number of fused-ring (bicyclic) bond motifs is 1. The predicted molar refractivity (Wildman–Crippen MR) is 126 cm³/mol.